The third kappa shape index (κ3) is 4.70. The number of phenols is 1. The number of aromatic nitrogens is 5. The van der Waals surface area contributed by atoms with Crippen LogP contribution < -0.4 is 15.0 Å². The van der Waals surface area contributed by atoms with E-state index >= 15 is 0 Å². The topological polar surface area (TPSA) is 147 Å². The lowest BCUT2D eigenvalue weighted by Gasteiger charge is -2.18. The molecule has 0 unspecified atom stereocenters. The number of fused-ring (bicyclic) bond motifs is 4. The first-order chi connectivity index (χ1) is 19.9. The maximum absolute atomic E-state index is 13.8. The van der Waals surface area contributed by atoms with Crippen LogP contribution in [0.15, 0.2) is 48.8 Å². The number of benzene rings is 2. The Bertz CT molecular complexity index is 1800. The summed E-state index contributed by atoms with van der Waals surface area (Å²) in [7, 11) is 3.15. The Morgan fingerprint density at radius 3 is 2.88 bits per heavy atom. The average molecular weight is 576 g/mol. The first kappa shape index (κ1) is 26.5. The number of H-pyrrole nitrogens is 1. The Balaban J connectivity index is 1.28. The monoisotopic (exact) mass is 575 g/mol. The van der Waals surface area contributed by atoms with E-state index in [9.17, 15) is 14.7 Å². The van der Waals surface area contributed by atoms with Gasteiger partial charge in [0.15, 0.2) is 5.69 Å². The molecule has 41 heavy (non-hydrogen) atoms. The molecule has 2 amide bonds. The van der Waals surface area contributed by atoms with Crippen LogP contribution in [-0.2, 0) is 11.3 Å². The molecule has 1 aliphatic heterocycles. The van der Waals surface area contributed by atoms with Gasteiger partial charge < -0.3 is 29.8 Å². The number of carbonyl (C=O) groups is 2. The number of methoxy groups -OCH3 is 2. The number of hydrogen-bond donors (Lipinski definition) is 3. The number of alkyl halides is 1. The van der Waals surface area contributed by atoms with Crippen molar-refractivity contribution in [3.05, 3.63) is 65.7 Å². The van der Waals surface area contributed by atoms with Crippen molar-refractivity contribution in [3.63, 3.8) is 0 Å². The molecule has 0 saturated heterocycles. The summed E-state index contributed by atoms with van der Waals surface area (Å²) < 4.78 is 12.1. The second kappa shape index (κ2) is 10.7. The van der Waals surface area contributed by atoms with Gasteiger partial charge in [-0.25, -0.2) is 9.67 Å². The van der Waals surface area contributed by atoms with Gasteiger partial charge in [-0.05, 0) is 23.8 Å². The molecule has 5 aromatic rings. The fourth-order valence-electron chi connectivity index (χ4n) is 5.21. The Hall–Kier alpha value is -4.68. The number of amides is 2. The molecule has 3 N–H and O–H groups in total. The highest BCUT2D eigenvalue weighted by Gasteiger charge is 2.36. The number of nitrogens with zero attached hydrogens (tertiary/aromatic N) is 5. The van der Waals surface area contributed by atoms with Gasteiger partial charge in [0.25, 0.3) is 11.8 Å². The minimum Gasteiger partial charge on any atom is -0.507 e. The van der Waals surface area contributed by atoms with Crippen molar-refractivity contribution in [2.45, 2.75) is 12.5 Å². The highest BCUT2D eigenvalue weighted by molar-refractivity contribution is 6.19. The van der Waals surface area contributed by atoms with E-state index in [2.05, 4.69) is 25.6 Å². The molecule has 3 aromatic heterocycles. The van der Waals surface area contributed by atoms with Gasteiger partial charge in [0.1, 0.15) is 22.8 Å². The SMILES string of the molecule is COCCn1cc(C(=O)Nc2cnc3[nH]c(C(=O)N4C[C@@H](CCl)c5c4cc(O)c4cccc(OC)c54)cc3c2)nn1. The maximum Gasteiger partial charge on any atom is 0.277 e. The van der Waals surface area contributed by atoms with Crippen LogP contribution in [0.5, 0.6) is 11.5 Å². The molecular formula is C28H26ClN7O5. The van der Waals surface area contributed by atoms with Gasteiger partial charge in [-0.1, -0.05) is 17.3 Å². The van der Waals surface area contributed by atoms with Gasteiger partial charge in [0.2, 0.25) is 0 Å². The Kier molecular flexibility index (Phi) is 6.93. The van der Waals surface area contributed by atoms with E-state index in [-0.39, 0.29) is 29.1 Å². The standard InChI is InChI=1S/C28H26ClN7O5/c1-40-7-6-35-14-20(33-34-35)27(38)31-17-8-15-9-19(32-26(15)30-12-17)28(39)36-13-16(11-29)24-21(36)10-22(37)18-4-3-5-23(41-2)25(18)24/h3-5,8-10,12,14,16,37H,6-7,11,13H2,1-2H3,(H,30,32)(H,31,38)/t16-/m1/s1. The fourth-order valence-corrected chi connectivity index (χ4v) is 5.46. The van der Waals surface area contributed by atoms with Crippen LogP contribution in [0, 0.1) is 0 Å². The molecule has 6 rings (SSSR count). The summed E-state index contributed by atoms with van der Waals surface area (Å²) in [6, 6.07) is 10.4. The number of aromatic amines is 1. The zero-order valence-corrected chi connectivity index (χ0v) is 23.0. The minimum absolute atomic E-state index is 0.0445. The molecule has 12 nitrogen and oxygen atoms in total. The maximum atomic E-state index is 13.8. The van der Waals surface area contributed by atoms with Crippen molar-refractivity contribution in [2.24, 2.45) is 0 Å². The van der Waals surface area contributed by atoms with Crippen LogP contribution >= 0.6 is 11.6 Å². The van der Waals surface area contributed by atoms with Crippen molar-refractivity contribution in [1.29, 1.82) is 0 Å². The molecule has 0 radical (unpaired) electrons. The number of nitrogens with one attached hydrogen (secondary N) is 2. The minimum atomic E-state index is -0.440. The fraction of sp³-hybridized carbons (Fsp3) is 0.250. The smallest absolute Gasteiger partial charge is 0.277 e. The molecule has 1 aliphatic rings. The molecule has 0 aliphatic carbocycles. The van der Waals surface area contributed by atoms with Crippen molar-refractivity contribution < 1.29 is 24.2 Å². The van der Waals surface area contributed by atoms with Gasteiger partial charge in [-0.3, -0.25) is 9.59 Å². The van der Waals surface area contributed by atoms with Crippen LogP contribution in [0.25, 0.3) is 21.8 Å². The molecule has 4 heterocycles. The summed E-state index contributed by atoms with van der Waals surface area (Å²) in [6.07, 6.45) is 3.03. The lowest BCUT2D eigenvalue weighted by atomic mass is 9.94. The number of hydrogen-bond acceptors (Lipinski definition) is 8. The summed E-state index contributed by atoms with van der Waals surface area (Å²) in [5.74, 6) is 0.0242. The van der Waals surface area contributed by atoms with Crippen LogP contribution in [0.4, 0.5) is 11.4 Å². The van der Waals surface area contributed by atoms with Gasteiger partial charge in [-0.15, -0.1) is 16.7 Å². The summed E-state index contributed by atoms with van der Waals surface area (Å²) in [5, 5.41) is 23.4. The largest absolute Gasteiger partial charge is 0.507 e. The Morgan fingerprint density at radius 1 is 1.24 bits per heavy atom. The van der Waals surface area contributed by atoms with Crippen LogP contribution in [0.1, 0.15) is 32.5 Å². The second-order valence-corrected chi connectivity index (χ2v) is 9.95. The zero-order chi connectivity index (χ0) is 28.7. The van der Waals surface area contributed by atoms with Crippen LogP contribution in [0.3, 0.4) is 0 Å². The van der Waals surface area contributed by atoms with Crippen LogP contribution in [0.2, 0.25) is 0 Å². The van der Waals surface area contributed by atoms with Gasteiger partial charge in [-0.2, -0.15) is 0 Å². The first-order valence-corrected chi connectivity index (χ1v) is 13.3. The van der Waals surface area contributed by atoms with Gasteiger partial charge >= 0.3 is 0 Å². The molecule has 0 bridgehead atoms. The second-order valence-electron chi connectivity index (χ2n) is 9.64. The predicted octanol–water partition coefficient (Wildman–Crippen LogP) is 3.90. The van der Waals surface area contributed by atoms with E-state index < -0.39 is 5.91 Å². The normalized spacial score (nSPS) is 14.5. The molecule has 210 valence electrons. The van der Waals surface area contributed by atoms with Crippen molar-refractivity contribution >= 4 is 56.6 Å². The summed E-state index contributed by atoms with van der Waals surface area (Å²) in [5.41, 5.74) is 2.81. The number of halogens is 1. The zero-order valence-electron chi connectivity index (χ0n) is 22.2. The van der Waals surface area contributed by atoms with E-state index in [4.69, 9.17) is 21.1 Å². The quantitative estimate of drug-likeness (QED) is 0.236. The summed E-state index contributed by atoms with van der Waals surface area (Å²) in [6.45, 7) is 1.26. The Morgan fingerprint density at radius 2 is 2.10 bits per heavy atom. The molecule has 0 saturated carbocycles. The average Bonchev–Trinajstić information content (AvgIpc) is 3.72. The van der Waals surface area contributed by atoms with Crippen molar-refractivity contribution in [2.75, 3.05) is 43.5 Å². The lowest BCUT2D eigenvalue weighted by Crippen LogP contribution is -2.30. The third-order valence-corrected chi connectivity index (χ3v) is 7.50. The van der Waals surface area contributed by atoms with E-state index in [0.717, 1.165) is 10.9 Å². The number of anilines is 2. The number of pyridine rings is 1. The summed E-state index contributed by atoms with van der Waals surface area (Å²) >= 11 is 6.37. The number of phenolic OH excluding ortho intramolecular Hbond substituents is 1. The van der Waals surface area contributed by atoms with Gasteiger partial charge in [0.05, 0.1) is 44.0 Å². The molecule has 13 heteroatoms. The number of carbonyl (C=O) groups excluding carboxylic acids is 2. The highest BCUT2D eigenvalue weighted by atomic mass is 35.5. The number of ether oxygens (including phenoxy) is 2. The van der Waals surface area contributed by atoms with E-state index in [1.807, 2.05) is 18.2 Å². The third-order valence-electron chi connectivity index (χ3n) is 7.13. The molecular weight excluding hydrogens is 550 g/mol. The highest BCUT2D eigenvalue weighted by Crippen LogP contribution is 2.48. The van der Waals surface area contributed by atoms with E-state index in [0.29, 0.717) is 58.9 Å². The number of rotatable bonds is 8. The van der Waals surface area contributed by atoms with E-state index in [1.54, 1.807) is 37.3 Å². The first-order valence-electron chi connectivity index (χ1n) is 12.8. The molecule has 2 aromatic carbocycles. The predicted molar refractivity (Wildman–Crippen MR) is 153 cm³/mol. The molecule has 0 fully saturated rings. The Labute approximate surface area is 238 Å². The molecule has 1 atom stereocenters. The van der Waals surface area contributed by atoms with Crippen molar-refractivity contribution in [1.82, 2.24) is 25.0 Å². The number of aromatic hydroxyl groups is 1. The van der Waals surface area contributed by atoms with Gasteiger partial charge in [0, 0.05) is 47.7 Å². The van der Waals surface area contributed by atoms with E-state index in [1.165, 1.54) is 17.1 Å². The van der Waals surface area contributed by atoms with Crippen molar-refractivity contribution in [3.8, 4) is 11.5 Å². The summed E-state index contributed by atoms with van der Waals surface area (Å²) in [4.78, 5) is 35.5. The van der Waals surface area contributed by atoms with Crippen LogP contribution in [-0.4, -0.2) is 75.1 Å². The lowest BCUT2D eigenvalue weighted by molar-refractivity contribution is 0.0982. The molecule has 0 spiro atoms.